The van der Waals surface area contributed by atoms with Gasteiger partial charge in [-0.3, -0.25) is 14.9 Å². The lowest BCUT2D eigenvalue weighted by Crippen LogP contribution is -2.17. The van der Waals surface area contributed by atoms with E-state index in [4.69, 9.17) is 0 Å². The van der Waals surface area contributed by atoms with Crippen LogP contribution in [0.4, 0.5) is 5.69 Å². The Balaban J connectivity index is 2.04. The van der Waals surface area contributed by atoms with Crippen LogP contribution in [0.5, 0.6) is 5.75 Å². The predicted molar refractivity (Wildman–Crippen MR) is 84.0 cm³/mol. The molecule has 0 aliphatic heterocycles. The highest BCUT2D eigenvalue weighted by Crippen LogP contribution is 2.21. The fraction of sp³-hybridized carbons (Fsp3) is 0. The van der Waals surface area contributed by atoms with E-state index in [1.165, 1.54) is 42.6 Å². The Morgan fingerprint density at radius 1 is 1.27 bits per heavy atom. The Hall–Kier alpha value is -2.74. The summed E-state index contributed by atoms with van der Waals surface area (Å²) in [5, 5.41) is 23.9. The van der Waals surface area contributed by atoms with Crippen molar-refractivity contribution in [3.63, 3.8) is 0 Å². The van der Waals surface area contributed by atoms with Gasteiger partial charge in [-0.2, -0.15) is 5.10 Å². The molecule has 0 saturated heterocycles. The lowest BCUT2D eigenvalue weighted by Gasteiger charge is -2.03. The second-order valence-corrected chi connectivity index (χ2v) is 5.12. The number of carbonyl (C=O) groups excluding carboxylic acids is 1. The number of hydrogen-bond acceptors (Lipinski definition) is 5. The molecule has 0 fully saturated rings. The van der Waals surface area contributed by atoms with Gasteiger partial charge in [0.05, 0.1) is 16.7 Å². The summed E-state index contributed by atoms with van der Waals surface area (Å²) in [6.07, 6.45) is 1.34. The van der Waals surface area contributed by atoms with E-state index in [9.17, 15) is 20.0 Å². The number of hydrogen-bond donors (Lipinski definition) is 2. The van der Waals surface area contributed by atoms with Crippen LogP contribution in [0.25, 0.3) is 0 Å². The molecule has 2 rings (SSSR count). The van der Waals surface area contributed by atoms with Crippen molar-refractivity contribution < 1.29 is 14.8 Å². The molecule has 8 heteroatoms. The Morgan fingerprint density at radius 3 is 2.59 bits per heavy atom. The van der Waals surface area contributed by atoms with E-state index in [-0.39, 0.29) is 17.0 Å². The molecule has 0 aliphatic rings. The van der Waals surface area contributed by atoms with Gasteiger partial charge in [0.1, 0.15) is 5.75 Å². The zero-order valence-electron chi connectivity index (χ0n) is 11.1. The first-order valence-corrected chi connectivity index (χ1v) is 6.83. The maximum Gasteiger partial charge on any atom is 0.275 e. The van der Waals surface area contributed by atoms with Gasteiger partial charge in [-0.25, -0.2) is 5.43 Å². The number of nitro benzene ring substituents is 1. The largest absolute Gasteiger partial charge is 0.507 e. The molecule has 2 aromatic rings. The van der Waals surface area contributed by atoms with Crippen molar-refractivity contribution >= 4 is 33.7 Å². The zero-order chi connectivity index (χ0) is 16.1. The van der Waals surface area contributed by atoms with Crippen molar-refractivity contribution in [1.82, 2.24) is 5.43 Å². The number of carbonyl (C=O) groups is 1. The number of benzene rings is 2. The van der Waals surface area contributed by atoms with Crippen LogP contribution < -0.4 is 5.43 Å². The number of rotatable bonds is 4. The first kappa shape index (κ1) is 15.6. The van der Waals surface area contributed by atoms with Crippen LogP contribution in [0.2, 0.25) is 0 Å². The average molecular weight is 364 g/mol. The lowest BCUT2D eigenvalue weighted by molar-refractivity contribution is -0.384. The number of non-ortho nitro benzene ring substituents is 1. The molecule has 112 valence electrons. The second-order valence-electron chi connectivity index (χ2n) is 4.21. The normalized spacial score (nSPS) is 10.6. The summed E-state index contributed by atoms with van der Waals surface area (Å²) < 4.78 is 0.648. The maximum atomic E-state index is 11.9. The molecular weight excluding hydrogens is 354 g/mol. The molecule has 22 heavy (non-hydrogen) atoms. The van der Waals surface area contributed by atoms with Crippen molar-refractivity contribution in [2.24, 2.45) is 5.10 Å². The zero-order valence-corrected chi connectivity index (χ0v) is 12.6. The predicted octanol–water partition coefficient (Wildman–Crippen LogP) is 2.83. The number of phenolic OH excluding ortho intramolecular Hbond substituents is 1. The quantitative estimate of drug-likeness (QED) is 0.494. The number of nitrogens with zero attached hydrogens (tertiary/aromatic N) is 2. The molecule has 0 spiro atoms. The first-order valence-electron chi connectivity index (χ1n) is 6.04. The monoisotopic (exact) mass is 363 g/mol. The van der Waals surface area contributed by atoms with Crippen LogP contribution in [0.3, 0.4) is 0 Å². The van der Waals surface area contributed by atoms with Crippen molar-refractivity contribution in [3.8, 4) is 5.75 Å². The summed E-state index contributed by atoms with van der Waals surface area (Å²) in [7, 11) is 0. The molecule has 1 amide bonds. The molecule has 0 unspecified atom stereocenters. The third kappa shape index (κ3) is 3.89. The van der Waals surface area contributed by atoms with Gasteiger partial charge in [-0.15, -0.1) is 0 Å². The first-order chi connectivity index (χ1) is 10.5. The van der Waals surface area contributed by atoms with Gasteiger partial charge in [-0.1, -0.05) is 15.9 Å². The minimum atomic E-state index is -0.572. The van der Waals surface area contributed by atoms with E-state index in [1.54, 1.807) is 6.07 Å². The summed E-state index contributed by atoms with van der Waals surface area (Å²) in [6.45, 7) is 0. The summed E-state index contributed by atoms with van der Waals surface area (Å²) in [5.41, 5.74) is 2.91. The van der Waals surface area contributed by atoms with Gasteiger partial charge in [-0.05, 0) is 35.9 Å². The number of hydrazone groups is 1. The summed E-state index contributed by atoms with van der Waals surface area (Å²) in [4.78, 5) is 21.9. The summed E-state index contributed by atoms with van der Waals surface area (Å²) >= 11 is 3.20. The average Bonchev–Trinajstić information content (AvgIpc) is 2.50. The van der Waals surface area contributed by atoms with Gasteiger partial charge in [0, 0.05) is 16.6 Å². The highest BCUT2D eigenvalue weighted by molar-refractivity contribution is 9.10. The van der Waals surface area contributed by atoms with Gasteiger partial charge in [0.15, 0.2) is 0 Å². The van der Waals surface area contributed by atoms with Crippen LogP contribution in [0.15, 0.2) is 52.0 Å². The lowest BCUT2D eigenvalue weighted by atomic mass is 10.2. The molecular formula is C14H10BrN3O4. The minimum Gasteiger partial charge on any atom is -0.507 e. The third-order valence-electron chi connectivity index (χ3n) is 2.69. The van der Waals surface area contributed by atoms with Crippen LogP contribution in [0.1, 0.15) is 15.9 Å². The number of amides is 1. The van der Waals surface area contributed by atoms with E-state index in [0.29, 0.717) is 10.0 Å². The third-order valence-corrected chi connectivity index (χ3v) is 3.18. The van der Waals surface area contributed by atoms with E-state index < -0.39 is 10.8 Å². The van der Waals surface area contributed by atoms with Gasteiger partial charge in [0.25, 0.3) is 11.6 Å². The smallest absolute Gasteiger partial charge is 0.275 e. The van der Waals surface area contributed by atoms with Crippen molar-refractivity contribution in [1.29, 1.82) is 0 Å². The maximum absolute atomic E-state index is 11.9. The molecule has 2 aromatic carbocycles. The Morgan fingerprint density at radius 2 is 1.95 bits per heavy atom. The van der Waals surface area contributed by atoms with E-state index in [1.807, 2.05) is 0 Å². The summed E-state index contributed by atoms with van der Waals surface area (Å²) in [5.74, 6) is -0.733. The molecule has 0 aliphatic carbocycles. The molecule has 0 aromatic heterocycles. The van der Waals surface area contributed by atoms with E-state index in [0.717, 1.165) is 0 Å². The number of nitrogens with one attached hydrogen (secondary N) is 1. The molecule has 7 nitrogen and oxygen atoms in total. The fourth-order valence-corrected chi connectivity index (χ4v) is 1.96. The number of phenols is 1. The highest BCUT2D eigenvalue weighted by Gasteiger charge is 2.10. The topological polar surface area (TPSA) is 105 Å². The Bertz CT molecular complexity index is 744. The van der Waals surface area contributed by atoms with Gasteiger partial charge in [0.2, 0.25) is 0 Å². The second kappa shape index (κ2) is 6.81. The summed E-state index contributed by atoms with van der Waals surface area (Å²) in [6, 6.07) is 10.1. The van der Waals surface area contributed by atoms with Crippen molar-refractivity contribution in [2.75, 3.05) is 0 Å². The standard InChI is InChI=1S/C14H10BrN3O4/c15-10-3-6-13(19)12(7-10)14(20)17-16-8-9-1-4-11(5-2-9)18(21)22/h1-8,19H,(H,17,20)/b16-8-. The fourth-order valence-electron chi connectivity index (χ4n) is 1.60. The molecule has 0 radical (unpaired) electrons. The van der Waals surface area contributed by atoms with E-state index in [2.05, 4.69) is 26.5 Å². The van der Waals surface area contributed by atoms with Gasteiger partial charge >= 0.3 is 0 Å². The number of halogens is 1. The van der Waals surface area contributed by atoms with Crippen LogP contribution in [-0.4, -0.2) is 22.2 Å². The highest BCUT2D eigenvalue weighted by atomic mass is 79.9. The number of nitro groups is 1. The molecule has 0 bridgehead atoms. The van der Waals surface area contributed by atoms with Gasteiger partial charge < -0.3 is 5.11 Å². The molecule has 0 saturated carbocycles. The SMILES string of the molecule is O=C(N/N=C\c1ccc([N+](=O)[O-])cc1)c1cc(Br)ccc1O. The Kier molecular flexibility index (Phi) is 4.84. The van der Waals surface area contributed by atoms with Crippen molar-refractivity contribution in [3.05, 3.63) is 68.2 Å². The van der Waals surface area contributed by atoms with E-state index >= 15 is 0 Å². The Labute approximate surface area is 133 Å². The van der Waals surface area contributed by atoms with Crippen LogP contribution in [-0.2, 0) is 0 Å². The minimum absolute atomic E-state index is 0.0276. The van der Waals surface area contributed by atoms with Crippen LogP contribution >= 0.6 is 15.9 Å². The molecule has 0 heterocycles. The van der Waals surface area contributed by atoms with Crippen molar-refractivity contribution in [2.45, 2.75) is 0 Å². The molecule has 2 N–H and O–H groups in total. The molecule has 0 atom stereocenters. The number of aromatic hydroxyl groups is 1. The van der Waals surface area contributed by atoms with Crippen LogP contribution in [0, 0.1) is 10.1 Å².